The fourth-order valence-electron chi connectivity index (χ4n) is 3.62. The average molecular weight is 447 g/mol. The van der Waals surface area contributed by atoms with Crippen LogP contribution in [-0.4, -0.2) is 44.9 Å². The first-order valence-electron chi connectivity index (χ1n) is 10.4. The highest BCUT2D eigenvalue weighted by molar-refractivity contribution is 7.89. The molecular weight excluding hydrogens is 416 g/mol. The van der Waals surface area contributed by atoms with Crippen LogP contribution in [0.15, 0.2) is 35.2 Å². The van der Waals surface area contributed by atoms with Crippen LogP contribution < -0.4 is 14.8 Å². The minimum atomic E-state index is -3.61. The fourth-order valence-corrected chi connectivity index (χ4v) is 5.17. The molecule has 0 saturated carbocycles. The molecule has 0 spiro atoms. The molecule has 168 valence electrons. The lowest BCUT2D eigenvalue weighted by Crippen LogP contribution is -2.31. The highest BCUT2D eigenvalue weighted by atomic mass is 32.2. The van der Waals surface area contributed by atoms with Crippen LogP contribution >= 0.6 is 0 Å². The van der Waals surface area contributed by atoms with Crippen molar-refractivity contribution in [2.45, 2.75) is 51.5 Å². The highest BCUT2D eigenvalue weighted by Gasteiger charge is 2.28. The lowest BCUT2D eigenvalue weighted by Gasteiger charge is -2.20. The van der Waals surface area contributed by atoms with Gasteiger partial charge in [-0.1, -0.05) is 6.07 Å². The van der Waals surface area contributed by atoms with Gasteiger partial charge in [0.2, 0.25) is 10.0 Å². The number of hydrogen-bond donors (Lipinski definition) is 1. The Balaban J connectivity index is 1.81. The number of nitrogens with one attached hydrogen (secondary N) is 1. The van der Waals surface area contributed by atoms with Crippen LogP contribution in [0.1, 0.15) is 36.5 Å². The topological polar surface area (TPSA) is 84.9 Å². The van der Waals surface area contributed by atoms with Gasteiger partial charge in [-0.3, -0.25) is 4.79 Å². The van der Waals surface area contributed by atoms with Crippen molar-refractivity contribution in [1.29, 1.82) is 0 Å². The third kappa shape index (κ3) is 5.02. The van der Waals surface area contributed by atoms with E-state index in [2.05, 4.69) is 11.4 Å². The molecule has 1 aliphatic rings. The number of nitrogens with zero attached hydrogens (tertiary/aromatic N) is 1. The van der Waals surface area contributed by atoms with E-state index in [1.807, 2.05) is 26.8 Å². The predicted molar refractivity (Wildman–Crippen MR) is 120 cm³/mol. The predicted octanol–water partition coefficient (Wildman–Crippen LogP) is 3.81. The van der Waals surface area contributed by atoms with Gasteiger partial charge < -0.3 is 14.8 Å². The summed E-state index contributed by atoms with van der Waals surface area (Å²) >= 11 is 0. The number of anilines is 1. The van der Waals surface area contributed by atoms with E-state index in [-0.39, 0.29) is 4.90 Å². The molecule has 2 aromatic rings. The minimum Gasteiger partial charge on any atom is -0.495 e. The van der Waals surface area contributed by atoms with Crippen molar-refractivity contribution in [3.8, 4) is 11.5 Å². The second-order valence-electron chi connectivity index (χ2n) is 7.93. The Bertz CT molecular complexity index is 1080. The minimum absolute atomic E-state index is 0.129. The van der Waals surface area contributed by atoms with Gasteiger partial charge in [0.15, 0.2) is 6.10 Å². The average Bonchev–Trinajstić information content (AvgIpc) is 3.27. The number of aryl methyl sites for hydroxylation is 2. The van der Waals surface area contributed by atoms with E-state index in [1.165, 1.54) is 23.5 Å². The number of carbonyl (C=O) groups is 1. The number of sulfonamides is 1. The summed E-state index contributed by atoms with van der Waals surface area (Å²) in [5, 5.41) is 2.76. The first-order chi connectivity index (χ1) is 14.6. The second kappa shape index (κ2) is 9.28. The number of benzene rings is 2. The first-order valence-corrected chi connectivity index (χ1v) is 11.8. The Morgan fingerprint density at radius 3 is 2.39 bits per heavy atom. The lowest BCUT2D eigenvalue weighted by molar-refractivity contribution is -0.122. The molecule has 31 heavy (non-hydrogen) atoms. The molecule has 1 heterocycles. The zero-order valence-corrected chi connectivity index (χ0v) is 19.5. The summed E-state index contributed by atoms with van der Waals surface area (Å²) in [5.74, 6) is 0.633. The van der Waals surface area contributed by atoms with Gasteiger partial charge in [-0.15, -0.1) is 0 Å². The maximum Gasteiger partial charge on any atom is 0.265 e. The van der Waals surface area contributed by atoms with Crippen molar-refractivity contribution in [3.63, 3.8) is 0 Å². The van der Waals surface area contributed by atoms with Gasteiger partial charge >= 0.3 is 0 Å². The van der Waals surface area contributed by atoms with Gasteiger partial charge in [0.25, 0.3) is 5.91 Å². The van der Waals surface area contributed by atoms with Gasteiger partial charge in [-0.25, -0.2) is 8.42 Å². The lowest BCUT2D eigenvalue weighted by atomic mass is 10.1. The largest absolute Gasteiger partial charge is 0.495 e. The highest BCUT2D eigenvalue weighted by Crippen LogP contribution is 2.31. The van der Waals surface area contributed by atoms with Crippen molar-refractivity contribution >= 4 is 21.6 Å². The van der Waals surface area contributed by atoms with Crippen LogP contribution in [0.4, 0.5) is 5.69 Å². The smallest absolute Gasteiger partial charge is 0.265 e. The molecule has 0 bridgehead atoms. The number of amides is 1. The van der Waals surface area contributed by atoms with Crippen LogP contribution in [0.25, 0.3) is 0 Å². The summed E-state index contributed by atoms with van der Waals surface area (Å²) in [6.07, 6.45) is 0.917. The van der Waals surface area contributed by atoms with Crippen molar-refractivity contribution in [3.05, 3.63) is 47.0 Å². The van der Waals surface area contributed by atoms with Gasteiger partial charge in [0, 0.05) is 13.1 Å². The molecule has 8 heteroatoms. The molecule has 3 rings (SSSR count). The number of hydrogen-bond acceptors (Lipinski definition) is 5. The Kier molecular flexibility index (Phi) is 6.91. The number of methoxy groups -OCH3 is 1. The molecule has 0 aliphatic carbocycles. The Morgan fingerprint density at radius 2 is 1.74 bits per heavy atom. The molecule has 1 fully saturated rings. The van der Waals surface area contributed by atoms with E-state index in [4.69, 9.17) is 9.47 Å². The van der Waals surface area contributed by atoms with Gasteiger partial charge in [-0.2, -0.15) is 4.31 Å². The van der Waals surface area contributed by atoms with Crippen LogP contribution in [0.5, 0.6) is 11.5 Å². The summed E-state index contributed by atoms with van der Waals surface area (Å²) in [7, 11) is -2.14. The van der Waals surface area contributed by atoms with Crippen molar-refractivity contribution in [2.24, 2.45) is 0 Å². The molecule has 1 N–H and O–H groups in total. The number of carbonyl (C=O) groups excluding carboxylic acids is 1. The summed E-state index contributed by atoms with van der Waals surface area (Å²) in [6, 6.07) is 8.46. The summed E-state index contributed by atoms with van der Waals surface area (Å²) in [6.45, 7) is 8.60. The molecule has 1 saturated heterocycles. The van der Waals surface area contributed by atoms with E-state index in [9.17, 15) is 13.2 Å². The van der Waals surface area contributed by atoms with E-state index in [1.54, 1.807) is 13.0 Å². The van der Waals surface area contributed by atoms with Crippen molar-refractivity contribution < 1.29 is 22.7 Å². The maximum atomic E-state index is 12.9. The molecule has 7 nitrogen and oxygen atoms in total. The standard InChI is InChI=1S/C23H30N2O5S/c1-15-12-16(2)17(3)22(13-15)30-18(4)23(26)24-20-14-19(8-9-21(20)29-5)31(27,28)25-10-6-7-11-25/h8-9,12-14,18H,6-7,10-11H2,1-5H3,(H,24,26)/t18-/m1/s1. The Hall–Kier alpha value is -2.58. The zero-order chi connectivity index (χ0) is 22.8. The van der Waals surface area contributed by atoms with Crippen LogP contribution in [0.2, 0.25) is 0 Å². The monoisotopic (exact) mass is 446 g/mol. The fraction of sp³-hybridized carbons (Fsp3) is 0.435. The molecule has 1 atom stereocenters. The molecule has 2 aromatic carbocycles. The first kappa shape index (κ1) is 23.1. The third-order valence-corrected chi connectivity index (χ3v) is 7.46. The zero-order valence-electron chi connectivity index (χ0n) is 18.7. The SMILES string of the molecule is COc1ccc(S(=O)(=O)N2CCCC2)cc1NC(=O)[C@@H](C)Oc1cc(C)cc(C)c1C. The summed E-state index contributed by atoms with van der Waals surface area (Å²) in [4.78, 5) is 13.0. The van der Waals surface area contributed by atoms with Gasteiger partial charge in [0.05, 0.1) is 17.7 Å². The molecule has 1 aliphatic heterocycles. The summed E-state index contributed by atoms with van der Waals surface area (Å²) < 4.78 is 38.5. The normalized spacial score (nSPS) is 15.5. The molecule has 0 radical (unpaired) electrons. The van der Waals surface area contributed by atoms with E-state index in [0.29, 0.717) is 30.3 Å². The van der Waals surface area contributed by atoms with E-state index >= 15 is 0 Å². The maximum absolute atomic E-state index is 12.9. The Morgan fingerprint density at radius 1 is 1.06 bits per heavy atom. The number of rotatable bonds is 7. The summed E-state index contributed by atoms with van der Waals surface area (Å²) in [5.41, 5.74) is 3.40. The molecule has 0 aromatic heterocycles. The third-order valence-electron chi connectivity index (χ3n) is 5.57. The molecule has 0 unspecified atom stereocenters. The van der Waals surface area contributed by atoms with Crippen LogP contribution in [-0.2, 0) is 14.8 Å². The van der Waals surface area contributed by atoms with Crippen molar-refractivity contribution in [1.82, 2.24) is 4.31 Å². The van der Waals surface area contributed by atoms with Crippen LogP contribution in [0.3, 0.4) is 0 Å². The number of ether oxygens (including phenoxy) is 2. The van der Waals surface area contributed by atoms with Gasteiger partial charge in [-0.05, 0) is 81.5 Å². The molecular formula is C23H30N2O5S. The van der Waals surface area contributed by atoms with Crippen molar-refractivity contribution in [2.75, 3.05) is 25.5 Å². The van der Waals surface area contributed by atoms with E-state index < -0.39 is 22.0 Å². The second-order valence-corrected chi connectivity index (χ2v) is 9.87. The van der Waals surface area contributed by atoms with Gasteiger partial charge in [0.1, 0.15) is 11.5 Å². The quantitative estimate of drug-likeness (QED) is 0.699. The Labute approximate surface area is 184 Å². The molecule has 1 amide bonds. The van der Waals surface area contributed by atoms with Crippen LogP contribution in [0, 0.1) is 20.8 Å². The van der Waals surface area contributed by atoms with E-state index in [0.717, 1.165) is 29.5 Å².